The molecule has 0 unspecified atom stereocenters. The second-order valence-corrected chi connectivity index (χ2v) is 4.97. The summed E-state index contributed by atoms with van der Waals surface area (Å²) in [7, 11) is 0. The predicted molar refractivity (Wildman–Crippen MR) is 68.9 cm³/mol. The van der Waals surface area contributed by atoms with Crippen LogP contribution in [0.2, 0.25) is 10.0 Å². The fourth-order valence-corrected chi connectivity index (χ4v) is 2.07. The first-order valence-electron chi connectivity index (χ1n) is 5.75. The van der Waals surface area contributed by atoms with Gasteiger partial charge in [-0.1, -0.05) is 23.2 Å². The molecule has 0 aromatic carbocycles. The fraction of sp³-hybridized carbons (Fsp3) is 0.545. The smallest absolute Gasteiger partial charge is 0.287 e. The second kappa shape index (κ2) is 5.28. The minimum atomic E-state index is -0.538. The maximum Gasteiger partial charge on any atom is 0.287 e. The van der Waals surface area contributed by atoms with E-state index in [0.717, 1.165) is 17.5 Å². The number of hydrogen-bond acceptors (Lipinski definition) is 3. The molecule has 18 heavy (non-hydrogen) atoms. The molecule has 5 nitrogen and oxygen atoms in total. The Morgan fingerprint density at radius 3 is 2.78 bits per heavy atom. The molecular weight excluding hydrogens is 277 g/mol. The van der Waals surface area contributed by atoms with Crippen LogP contribution in [0.1, 0.15) is 19.8 Å². The van der Waals surface area contributed by atoms with Crippen molar-refractivity contribution in [3.05, 3.63) is 26.6 Å². The van der Waals surface area contributed by atoms with Crippen molar-refractivity contribution in [1.82, 2.24) is 14.7 Å². The standard InChI is InChI=1S/C11H13Cl2N3O2/c1-2-15(7-3-4-7)9(17)6-16-11(18)10(13)8(12)5-14-16/h5,7H,2-4,6H2,1H3. The van der Waals surface area contributed by atoms with Crippen molar-refractivity contribution < 1.29 is 4.79 Å². The summed E-state index contributed by atoms with van der Waals surface area (Å²) in [5.41, 5.74) is -0.538. The van der Waals surface area contributed by atoms with Crippen LogP contribution in [-0.4, -0.2) is 33.2 Å². The van der Waals surface area contributed by atoms with E-state index in [2.05, 4.69) is 5.10 Å². The Labute approximate surface area is 114 Å². The van der Waals surface area contributed by atoms with Crippen LogP contribution >= 0.6 is 23.2 Å². The third-order valence-corrected chi connectivity index (χ3v) is 3.62. The van der Waals surface area contributed by atoms with E-state index in [9.17, 15) is 9.59 Å². The molecular formula is C11H13Cl2N3O2. The van der Waals surface area contributed by atoms with Gasteiger partial charge in [0, 0.05) is 12.6 Å². The molecule has 0 spiro atoms. The number of likely N-dealkylation sites (N-methyl/N-ethyl adjacent to an activating group) is 1. The maximum atomic E-state index is 12.0. The number of halogens is 2. The van der Waals surface area contributed by atoms with Crippen LogP contribution in [0.5, 0.6) is 0 Å². The molecule has 0 aliphatic heterocycles. The van der Waals surface area contributed by atoms with Gasteiger partial charge < -0.3 is 4.90 Å². The van der Waals surface area contributed by atoms with Gasteiger partial charge in [0.2, 0.25) is 5.91 Å². The number of carbonyl (C=O) groups excluding carboxylic acids is 1. The third-order valence-electron chi connectivity index (χ3n) is 2.88. The first-order valence-corrected chi connectivity index (χ1v) is 6.50. The highest BCUT2D eigenvalue weighted by atomic mass is 35.5. The SMILES string of the molecule is CCN(C(=O)Cn1ncc(Cl)c(Cl)c1=O)C1CC1. The number of amides is 1. The predicted octanol–water partition coefficient (Wildman–Crippen LogP) is 1.56. The van der Waals surface area contributed by atoms with Crippen molar-refractivity contribution in [2.45, 2.75) is 32.4 Å². The molecule has 1 aromatic rings. The Hall–Kier alpha value is -1.07. The van der Waals surface area contributed by atoms with Crippen LogP contribution < -0.4 is 5.56 Å². The maximum absolute atomic E-state index is 12.0. The molecule has 2 rings (SSSR count). The average molecular weight is 290 g/mol. The lowest BCUT2D eigenvalue weighted by Crippen LogP contribution is -2.38. The van der Waals surface area contributed by atoms with Crippen molar-refractivity contribution in [3.8, 4) is 0 Å². The Bertz CT molecular complexity index is 526. The van der Waals surface area contributed by atoms with E-state index in [-0.39, 0.29) is 22.5 Å². The van der Waals surface area contributed by atoms with Crippen molar-refractivity contribution >= 4 is 29.1 Å². The summed E-state index contributed by atoms with van der Waals surface area (Å²) in [6.07, 6.45) is 3.33. The minimum absolute atomic E-state index is 0.0971. The van der Waals surface area contributed by atoms with Crippen LogP contribution in [0.25, 0.3) is 0 Å². The van der Waals surface area contributed by atoms with Gasteiger partial charge in [-0.3, -0.25) is 9.59 Å². The molecule has 1 aliphatic carbocycles. The second-order valence-electron chi connectivity index (χ2n) is 4.18. The largest absolute Gasteiger partial charge is 0.338 e. The molecule has 1 aromatic heterocycles. The Morgan fingerprint density at radius 2 is 2.22 bits per heavy atom. The van der Waals surface area contributed by atoms with Gasteiger partial charge in [0.05, 0.1) is 11.2 Å². The lowest BCUT2D eigenvalue weighted by molar-refractivity contribution is -0.132. The normalized spacial score (nSPS) is 14.6. The monoisotopic (exact) mass is 289 g/mol. The molecule has 0 atom stereocenters. The first-order chi connectivity index (χ1) is 8.54. The van der Waals surface area contributed by atoms with Crippen molar-refractivity contribution in [2.24, 2.45) is 0 Å². The van der Waals surface area contributed by atoms with Gasteiger partial charge in [-0.25, -0.2) is 4.68 Å². The molecule has 1 amide bonds. The molecule has 98 valence electrons. The van der Waals surface area contributed by atoms with Gasteiger partial charge in [-0.15, -0.1) is 0 Å². The Morgan fingerprint density at radius 1 is 1.56 bits per heavy atom. The molecule has 1 fully saturated rings. The summed E-state index contributed by atoms with van der Waals surface area (Å²) in [4.78, 5) is 25.5. The number of aromatic nitrogens is 2. The van der Waals surface area contributed by atoms with Gasteiger partial charge in [0.1, 0.15) is 11.6 Å². The lowest BCUT2D eigenvalue weighted by Gasteiger charge is -2.20. The highest BCUT2D eigenvalue weighted by Gasteiger charge is 2.31. The molecule has 0 N–H and O–H groups in total. The Balaban J connectivity index is 2.16. The van der Waals surface area contributed by atoms with E-state index in [1.54, 1.807) is 4.90 Å². The highest BCUT2D eigenvalue weighted by Crippen LogP contribution is 2.26. The topological polar surface area (TPSA) is 55.2 Å². The van der Waals surface area contributed by atoms with Crippen LogP contribution in [0.15, 0.2) is 11.0 Å². The summed E-state index contributed by atoms with van der Waals surface area (Å²) in [5.74, 6) is -0.118. The van der Waals surface area contributed by atoms with E-state index in [1.807, 2.05) is 6.92 Å². The molecule has 0 bridgehead atoms. The summed E-state index contributed by atoms with van der Waals surface area (Å²) in [6.45, 7) is 2.46. The molecule has 1 aliphatic rings. The molecule has 1 saturated carbocycles. The molecule has 0 saturated heterocycles. The first kappa shape index (κ1) is 13.4. The average Bonchev–Trinajstić information content (AvgIpc) is 3.15. The third kappa shape index (κ3) is 2.67. The number of carbonyl (C=O) groups is 1. The van der Waals surface area contributed by atoms with E-state index < -0.39 is 5.56 Å². The summed E-state index contributed by atoms with van der Waals surface area (Å²) >= 11 is 11.4. The Kier molecular flexibility index (Phi) is 3.92. The van der Waals surface area contributed by atoms with Crippen molar-refractivity contribution in [2.75, 3.05) is 6.54 Å². The zero-order valence-corrected chi connectivity index (χ0v) is 11.4. The number of hydrogen-bond donors (Lipinski definition) is 0. The van der Waals surface area contributed by atoms with Crippen LogP contribution in [-0.2, 0) is 11.3 Å². The van der Waals surface area contributed by atoms with Gasteiger partial charge >= 0.3 is 0 Å². The highest BCUT2D eigenvalue weighted by molar-refractivity contribution is 6.41. The van der Waals surface area contributed by atoms with Crippen LogP contribution in [0.3, 0.4) is 0 Å². The quantitative estimate of drug-likeness (QED) is 0.845. The van der Waals surface area contributed by atoms with E-state index >= 15 is 0 Å². The zero-order valence-electron chi connectivity index (χ0n) is 9.90. The van der Waals surface area contributed by atoms with E-state index in [4.69, 9.17) is 23.2 Å². The number of rotatable bonds is 4. The van der Waals surface area contributed by atoms with E-state index in [1.165, 1.54) is 6.20 Å². The molecule has 7 heteroatoms. The minimum Gasteiger partial charge on any atom is -0.338 e. The summed E-state index contributed by atoms with van der Waals surface area (Å²) in [6, 6.07) is 0.320. The zero-order chi connectivity index (χ0) is 13.3. The van der Waals surface area contributed by atoms with Crippen LogP contribution in [0.4, 0.5) is 0 Å². The van der Waals surface area contributed by atoms with Crippen molar-refractivity contribution in [3.63, 3.8) is 0 Å². The summed E-state index contributed by atoms with van der Waals surface area (Å²) < 4.78 is 1.04. The molecule has 0 radical (unpaired) electrons. The van der Waals surface area contributed by atoms with Gasteiger partial charge in [0.25, 0.3) is 5.56 Å². The van der Waals surface area contributed by atoms with E-state index in [0.29, 0.717) is 12.6 Å². The van der Waals surface area contributed by atoms with Crippen molar-refractivity contribution in [1.29, 1.82) is 0 Å². The summed E-state index contributed by atoms with van der Waals surface area (Å²) in [5, 5.41) is 3.81. The fourth-order valence-electron chi connectivity index (χ4n) is 1.80. The van der Waals surface area contributed by atoms with Gasteiger partial charge in [-0.2, -0.15) is 5.10 Å². The lowest BCUT2D eigenvalue weighted by atomic mass is 10.4. The van der Waals surface area contributed by atoms with Crippen LogP contribution in [0, 0.1) is 0 Å². The molecule has 1 heterocycles. The number of nitrogens with zero attached hydrogens (tertiary/aromatic N) is 3. The van der Waals surface area contributed by atoms with Gasteiger partial charge in [0.15, 0.2) is 0 Å². The van der Waals surface area contributed by atoms with Gasteiger partial charge in [-0.05, 0) is 19.8 Å².